The van der Waals surface area contributed by atoms with Crippen molar-refractivity contribution in [1.29, 1.82) is 0 Å². The first kappa shape index (κ1) is 13.9. The van der Waals surface area contributed by atoms with E-state index in [1.54, 1.807) is 30.0 Å². The Kier molecular flexibility index (Phi) is 4.72. The molecular weight excluding hydrogens is 263 g/mol. The first-order chi connectivity index (χ1) is 7.29. The molecule has 0 unspecified atom stereocenters. The second kappa shape index (κ2) is 5.44. The SMILES string of the molecule is CC(C)(C)SCC(=O)c1cc(Cl)ccc1Cl. The predicted octanol–water partition coefficient (Wildman–Crippen LogP) is 4.71. The van der Waals surface area contributed by atoms with Crippen LogP contribution in [0.15, 0.2) is 18.2 Å². The second-order valence-electron chi connectivity index (χ2n) is 4.45. The van der Waals surface area contributed by atoms with Crippen LogP contribution in [0.25, 0.3) is 0 Å². The molecule has 0 saturated carbocycles. The van der Waals surface area contributed by atoms with Gasteiger partial charge >= 0.3 is 0 Å². The highest BCUT2D eigenvalue weighted by Crippen LogP contribution is 2.27. The van der Waals surface area contributed by atoms with Crippen molar-refractivity contribution in [2.75, 3.05) is 5.75 Å². The Morgan fingerprint density at radius 2 is 1.94 bits per heavy atom. The number of carbonyl (C=O) groups is 1. The fourth-order valence-corrected chi connectivity index (χ4v) is 2.19. The molecule has 88 valence electrons. The molecule has 0 heterocycles. The summed E-state index contributed by atoms with van der Waals surface area (Å²) in [5, 5.41) is 0.998. The molecule has 4 heteroatoms. The number of halogens is 2. The summed E-state index contributed by atoms with van der Waals surface area (Å²) in [6.45, 7) is 6.22. The van der Waals surface area contributed by atoms with Crippen LogP contribution in [0.5, 0.6) is 0 Å². The van der Waals surface area contributed by atoms with Crippen LogP contribution in [0.4, 0.5) is 0 Å². The largest absolute Gasteiger partial charge is 0.293 e. The molecule has 0 spiro atoms. The van der Waals surface area contributed by atoms with E-state index in [0.717, 1.165) is 0 Å². The highest BCUT2D eigenvalue weighted by molar-refractivity contribution is 8.01. The van der Waals surface area contributed by atoms with Crippen molar-refractivity contribution in [1.82, 2.24) is 0 Å². The second-order valence-corrected chi connectivity index (χ2v) is 7.09. The molecule has 0 aliphatic rings. The third-order valence-corrected chi connectivity index (χ3v) is 3.70. The molecule has 1 nitrogen and oxygen atoms in total. The molecule has 0 radical (unpaired) electrons. The number of benzene rings is 1. The Balaban J connectivity index is 2.77. The fraction of sp³-hybridized carbons (Fsp3) is 0.417. The molecule has 1 aromatic carbocycles. The van der Waals surface area contributed by atoms with Crippen molar-refractivity contribution in [3.8, 4) is 0 Å². The van der Waals surface area contributed by atoms with Crippen LogP contribution in [-0.2, 0) is 0 Å². The van der Waals surface area contributed by atoms with Gasteiger partial charge in [0.25, 0.3) is 0 Å². The highest BCUT2D eigenvalue weighted by Gasteiger charge is 2.16. The lowest BCUT2D eigenvalue weighted by Gasteiger charge is -2.16. The molecule has 16 heavy (non-hydrogen) atoms. The third-order valence-electron chi connectivity index (χ3n) is 1.87. The van der Waals surface area contributed by atoms with Crippen molar-refractivity contribution in [3.05, 3.63) is 33.8 Å². The molecule has 0 saturated heterocycles. The van der Waals surface area contributed by atoms with Gasteiger partial charge in [0.05, 0.1) is 10.8 Å². The Bertz CT molecular complexity index is 396. The van der Waals surface area contributed by atoms with Crippen LogP contribution in [-0.4, -0.2) is 16.3 Å². The summed E-state index contributed by atoms with van der Waals surface area (Å²) in [6, 6.07) is 4.95. The molecule has 0 atom stereocenters. The molecular formula is C12H14Cl2OS. The molecule has 1 rings (SSSR count). The maximum Gasteiger partial charge on any atom is 0.174 e. The number of Topliss-reactive ketones (excluding diaryl/α,β-unsaturated/α-hetero) is 1. The van der Waals surface area contributed by atoms with Gasteiger partial charge in [-0.15, -0.1) is 11.8 Å². The van der Waals surface area contributed by atoms with Gasteiger partial charge in [0.15, 0.2) is 5.78 Å². The Labute approximate surface area is 111 Å². The lowest BCUT2D eigenvalue weighted by atomic mass is 10.1. The summed E-state index contributed by atoms with van der Waals surface area (Å²) in [5.41, 5.74) is 0.505. The molecule has 0 fully saturated rings. The number of carbonyl (C=O) groups excluding carboxylic acids is 1. The molecule has 0 bridgehead atoms. The van der Waals surface area contributed by atoms with E-state index in [4.69, 9.17) is 23.2 Å². The Morgan fingerprint density at radius 1 is 1.31 bits per heavy atom. The van der Waals surface area contributed by atoms with Gasteiger partial charge in [-0.25, -0.2) is 0 Å². The monoisotopic (exact) mass is 276 g/mol. The summed E-state index contributed by atoms with van der Waals surface area (Å²) in [7, 11) is 0. The van der Waals surface area contributed by atoms with E-state index in [-0.39, 0.29) is 10.5 Å². The number of hydrogen-bond acceptors (Lipinski definition) is 2. The minimum absolute atomic E-state index is 0.0208. The average molecular weight is 277 g/mol. The highest BCUT2D eigenvalue weighted by atomic mass is 35.5. The van der Waals surface area contributed by atoms with E-state index in [9.17, 15) is 4.79 Å². The normalized spacial score (nSPS) is 11.6. The van der Waals surface area contributed by atoms with Gasteiger partial charge in [-0.1, -0.05) is 44.0 Å². The third kappa shape index (κ3) is 4.36. The summed E-state index contributed by atoms with van der Waals surface area (Å²) < 4.78 is 0.0701. The van der Waals surface area contributed by atoms with E-state index in [1.807, 2.05) is 0 Å². The zero-order valence-corrected chi connectivity index (χ0v) is 11.8. The topological polar surface area (TPSA) is 17.1 Å². The minimum Gasteiger partial charge on any atom is -0.293 e. The molecule has 0 aliphatic carbocycles. The van der Waals surface area contributed by atoms with E-state index in [1.165, 1.54) is 0 Å². The minimum atomic E-state index is 0.0208. The van der Waals surface area contributed by atoms with E-state index in [2.05, 4.69) is 20.8 Å². The van der Waals surface area contributed by atoms with Crippen LogP contribution < -0.4 is 0 Å². The average Bonchev–Trinajstić information content (AvgIpc) is 2.17. The van der Waals surface area contributed by atoms with Crippen LogP contribution in [0, 0.1) is 0 Å². The quantitative estimate of drug-likeness (QED) is 0.744. The van der Waals surface area contributed by atoms with Crippen LogP contribution in [0.1, 0.15) is 31.1 Å². The van der Waals surface area contributed by atoms with E-state index < -0.39 is 0 Å². The number of rotatable bonds is 3. The van der Waals surface area contributed by atoms with Crippen molar-refractivity contribution >= 4 is 40.7 Å². The summed E-state index contributed by atoms with van der Waals surface area (Å²) in [5.74, 6) is 0.441. The van der Waals surface area contributed by atoms with Gasteiger partial charge in [-0.2, -0.15) is 0 Å². The van der Waals surface area contributed by atoms with Gasteiger partial charge < -0.3 is 0 Å². The summed E-state index contributed by atoms with van der Waals surface area (Å²) >= 11 is 13.4. The summed E-state index contributed by atoms with van der Waals surface area (Å²) in [4.78, 5) is 11.9. The van der Waals surface area contributed by atoms with Gasteiger partial charge in [0.2, 0.25) is 0 Å². The zero-order chi connectivity index (χ0) is 12.3. The van der Waals surface area contributed by atoms with E-state index >= 15 is 0 Å². The van der Waals surface area contributed by atoms with Gasteiger partial charge in [-0.05, 0) is 18.2 Å². The fourth-order valence-electron chi connectivity index (χ4n) is 1.07. The predicted molar refractivity (Wildman–Crippen MR) is 73.0 cm³/mol. The smallest absolute Gasteiger partial charge is 0.174 e. The van der Waals surface area contributed by atoms with E-state index in [0.29, 0.717) is 21.4 Å². The van der Waals surface area contributed by atoms with Crippen molar-refractivity contribution in [2.24, 2.45) is 0 Å². The van der Waals surface area contributed by atoms with Gasteiger partial charge in [0.1, 0.15) is 0 Å². The molecule has 0 N–H and O–H groups in total. The Hall–Kier alpha value is -0.180. The first-order valence-corrected chi connectivity index (χ1v) is 6.66. The van der Waals surface area contributed by atoms with Crippen LogP contribution in [0.2, 0.25) is 10.0 Å². The van der Waals surface area contributed by atoms with Gasteiger partial charge in [-0.3, -0.25) is 4.79 Å². The van der Waals surface area contributed by atoms with Crippen LogP contribution >= 0.6 is 35.0 Å². The van der Waals surface area contributed by atoms with Crippen molar-refractivity contribution in [2.45, 2.75) is 25.5 Å². The van der Waals surface area contributed by atoms with Crippen molar-refractivity contribution in [3.63, 3.8) is 0 Å². The first-order valence-electron chi connectivity index (χ1n) is 4.92. The lowest BCUT2D eigenvalue weighted by molar-refractivity contribution is 0.102. The van der Waals surface area contributed by atoms with Gasteiger partial charge in [0, 0.05) is 15.3 Å². The maximum absolute atomic E-state index is 11.9. The number of hydrogen-bond donors (Lipinski definition) is 0. The summed E-state index contributed by atoms with van der Waals surface area (Å²) in [6.07, 6.45) is 0. The number of thioether (sulfide) groups is 1. The standard InChI is InChI=1S/C12H14Cl2OS/c1-12(2,3)16-7-11(15)9-6-8(13)4-5-10(9)14/h4-6H,7H2,1-3H3. The Morgan fingerprint density at radius 3 is 2.50 bits per heavy atom. The molecule has 1 aromatic rings. The lowest BCUT2D eigenvalue weighted by Crippen LogP contribution is -2.13. The zero-order valence-electron chi connectivity index (χ0n) is 9.51. The molecule has 0 amide bonds. The van der Waals surface area contributed by atoms with Crippen LogP contribution in [0.3, 0.4) is 0 Å². The van der Waals surface area contributed by atoms with Crippen molar-refractivity contribution < 1.29 is 4.79 Å². The number of ketones is 1. The maximum atomic E-state index is 11.9. The molecule has 0 aliphatic heterocycles. The molecule has 0 aromatic heterocycles.